The van der Waals surface area contributed by atoms with Gasteiger partial charge in [0, 0.05) is 45.4 Å². The number of benzene rings is 1. The van der Waals surface area contributed by atoms with Crippen LogP contribution in [0.4, 0.5) is 11.4 Å². The summed E-state index contributed by atoms with van der Waals surface area (Å²) in [5.74, 6) is -1.02. The molecule has 0 spiro atoms. The van der Waals surface area contributed by atoms with Crippen LogP contribution in [0.5, 0.6) is 5.75 Å². The van der Waals surface area contributed by atoms with Gasteiger partial charge in [0.1, 0.15) is 11.3 Å². The van der Waals surface area contributed by atoms with Gasteiger partial charge in [-0.1, -0.05) is 6.92 Å². The molecule has 1 aromatic carbocycles. The van der Waals surface area contributed by atoms with Gasteiger partial charge in [0.05, 0.1) is 30.8 Å². The number of hydrogen-bond acceptors (Lipinski definition) is 7. The molecule has 1 aliphatic rings. The highest BCUT2D eigenvalue weighted by Gasteiger charge is 2.23. The maximum atomic E-state index is 13.1. The van der Waals surface area contributed by atoms with Crippen molar-refractivity contribution < 1.29 is 19.4 Å². The largest absolute Gasteiger partial charge is 0.463 e. The summed E-state index contributed by atoms with van der Waals surface area (Å²) in [5, 5.41) is 17.4. The van der Waals surface area contributed by atoms with Crippen LogP contribution < -0.4 is 15.0 Å². The maximum Gasteiger partial charge on any atom is 0.261 e. The van der Waals surface area contributed by atoms with E-state index in [4.69, 9.17) is 9.47 Å². The molecule has 0 bridgehead atoms. The number of rotatable bonds is 6. The molecule has 3 heterocycles. The van der Waals surface area contributed by atoms with Crippen LogP contribution in [0.2, 0.25) is 0 Å². The Morgan fingerprint density at radius 1 is 1.32 bits per heavy atom. The van der Waals surface area contributed by atoms with Gasteiger partial charge in [0.25, 0.3) is 5.91 Å². The summed E-state index contributed by atoms with van der Waals surface area (Å²) in [6, 6.07) is 5.54. The van der Waals surface area contributed by atoms with Gasteiger partial charge in [-0.15, -0.1) is 0 Å². The summed E-state index contributed by atoms with van der Waals surface area (Å²) >= 11 is 0. The SMILES string of the molecule is CCc1cc(NC(=O)c2cnn3cccnc23)c(N2CCOCC2)cc1OC(C)(C)O. The van der Waals surface area contributed by atoms with Crippen LogP contribution in [-0.2, 0) is 11.2 Å². The zero-order chi connectivity index (χ0) is 22.0. The predicted molar refractivity (Wildman–Crippen MR) is 117 cm³/mol. The van der Waals surface area contributed by atoms with E-state index in [-0.39, 0.29) is 5.91 Å². The Kier molecular flexibility index (Phi) is 5.79. The molecule has 3 aromatic rings. The van der Waals surface area contributed by atoms with E-state index in [1.165, 1.54) is 6.20 Å². The average Bonchev–Trinajstić information content (AvgIpc) is 3.18. The number of morpholine rings is 1. The van der Waals surface area contributed by atoms with Crippen molar-refractivity contribution in [1.82, 2.24) is 14.6 Å². The normalized spacial score (nSPS) is 14.6. The summed E-state index contributed by atoms with van der Waals surface area (Å²) in [6.45, 7) is 7.76. The van der Waals surface area contributed by atoms with Crippen molar-refractivity contribution >= 4 is 22.9 Å². The van der Waals surface area contributed by atoms with Crippen molar-refractivity contribution in [2.75, 3.05) is 36.5 Å². The first-order chi connectivity index (χ1) is 14.9. The van der Waals surface area contributed by atoms with Crippen molar-refractivity contribution in [2.45, 2.75) is 33.0 Å². The van der Waals surface area contributed by atoms with E-state index in [9.17, 15) is 9.90 Å². The number of ether oxygens (including phenoxy) is 2. The molecule has 0 atom stereocenters. The number of nitrogens with zero attached hydrogens (tertiary/aromatic N) is 4. The first kappa shape index (κ1) is 21.1. The molecule has 1 saturated heterocycles. The van der Waals surface area contributed by atoms with Crippen LogP contribution >= 0.6 is 0 Å². The molecular weight excluding hydrogens is 398 g/mol. The van der Waals surface area contributed by atoms with Crippen molar-refractivity contribution in [3.8, 4) is 5.75 Å². The molecule has 2 N–H and O–H groups in total. The Bertz CT molecular complexity index is 1080. The molecule has 0 radical (unpaired) electrons. The van der Waals surface area contributed by atoms with Crippen molar-refractivity contribution in [3.05, 3.63) is 47.9 Å². The van der Waals surface area contributed by atoms with Crippen molar-refractivity contribution in [2.24, 2.45) is 0 Å². The van der Waals surface area contributed by atoms with Gasteiger partial charge in [-0.2, -0.15) is 5.10 Å². The minimum absolute atomic E-state index is 0.290. The number of carbonyl (C=O) groups is 1. The van der Waals surface area contributed by atoms with Gasteiger partial charge in [-0.25, -0.2) is 9.50 Å². The Morgan fingerprint density at radius 2 is 2.10 bits per heavy atom. The number of nitrogens with one attached hydrogen (secondary N) is 1. The molecular formula is C22H27N5O4. The van der Waals surface area contributed by atoms with E-state index >= 15 is 0 Å². The number of carbonyl (C=O) groups excluding carboxylic acids is 1. The summed E-state index contributed by atoms with van der Waals surface area (Å²) in [7, 11) is 0. The van der Waals surface area contributed by atoms with E-state index in [1.54, 1.807) is 36.8 Å². The minimum atomic E-state index is -1.32. The third-order valence-corrected chi connectivity index (χ3v) is 5.04. The van der Waals surface area contributed by atoms with Gasteiger partial charge in [-0.05, 0) is 24.1 Å². The Balaban J connectivity index is 1.73. The molecule has 1 fully saturated rings. The van der Waals surface area contributed by atoms with Crippen molar-refractivity contribution in [1.29, 1.82) is 0 Å². The lowest BCUT2D eigenvalue weighted by Gasteiger charge is -2.32. The fraction of sp³-hybridized carbons (Fsp3) is 0.409. The number of hydrogen-bond donors (Lipinski definition) is 2. The number of aliphatic hydroxyl groups is 1. The number of amides is 1. The molecule has 9 heteroatoms. The lowest BCUT2D eigenvalue weighted by atomic mass is 10.1. The van der Waals surface area contributed by atoms with E-state index in [1.807, 2.05) is 19.1 Å². The Hall–Kier alpha value is -3.17. The lowest BCUT2D eigenvalue weighted by molar-refractivity contribution is -0.105. The van der Waals surface area contributed by atoms with Gasteiger partial charge < -0.3 is 24.8 Å². The third-order valence-electron chi connectivity index (χ3n) is 5.04. The third kappa shape index (κ3) is 4.62. The maximum absolute atomic E-state index is 13.1. The quantitative estimate of drug-likeness (QED) is 0.585. The number of aryl methyl sites for hydroxylation is 1. The molecule has 1 amide bonds. The molecule has 164 valence electrons. The molecule has 0 aliphatic carbocycles. The smallest absolute Gasteiger partial charge is 0.261 e. The number of aromatic nitrogens is 3. The highest BCUT2D eigenvalue weighted by Crippen LogP contribution is 2.36. The van der Waals surface area contributed by atoms with Crippen LogP contribution in [0.3, 0.4) is 0 Å². The Labute approximate surface area is 180 Å². The highest BCUT2D eigenvalue weighted by molar-refractivity contribution is 6.09. The molecule has 2 aromatic heterocycles. The van der Waals surface area contributed by atoms with Crippen molar-refractivity contribution in [3.63, 3.8) is 0 Å². The monoisotopic (exact) mass is 425 g/mol. The van der Waals surface area contributed by atoms with Crippen LogP contribution in [0.1, 0.15) is 36.7 Å². The molecule has 0 saturated carbocycles. The van der Waals surface area contributed by atoms with Gasteiger partial charge >= 0.3 is 0 Å². The first-order valence-corrected chi connectivity index (χ1v) is 10.4. The molecule has 31 heavy (non-hydrogen) atoms. The van der Waals surface area contributed by atoms with E-state index in [0.29, 0.717) is 55.4 Å². The fourth-order valence-corrected chi connectivity index (χ4v) is 3.60. The first-order valence-electron chi connectivity index (χ1n) is 10.4. The second-order valence-electron chi connectivity index (χ2n) is 7.88. The standard InChI is InChI=1S/C22H27N5O4/c1-4-15-12-17(25-21(28)16-14-24-27-7-5-6-23-20(16)27)18(26-8-10-30-11-9-26)13-19(15)31-22(2,3)29/h5-7,12-14,29H,4,8-11H2,1-3H3,(H,25,28). The van der Waals surface area contributed by atoms with E-state index in [2.05, 4.69) is 20.3 Å². The van der Waals surface area contributed by atoms with Crippen LogP contribution in [-0.4, -0.2) is 57.7 Å². The summed E-state index contributed by atoms with van der Waals surface area (Å²) in [6.07, 6.45) is 5.57. The van der Waals surface area contributed by atoms with Crippen LogP contribution in [0.15, 0.2) is 36.8 Å². The van der Waals surface area contributed by atoms with Gasteiger partial charge in [0.2, 0.25) is 5.79 Å². The summed E-state index contributed by atoms with van der Waals surface area (Å²) in [4.78, 5) is 19.5. The topological polar surface area (TPSA) is 101 Å². The predicted octanol–water partition coefficient (Wildman–Crippen LogP) is 2.49. The fourth-order valence-electron chi connectivity index (χ4n) is 3.60. The average molecular weight is 425 g/mol. The summed E-state index contributed by atoms with van der Waals surface area (Å²) < 4.78 is 12.9. The van der Waals surface area contributed by atoms with E-state index < -0.39 is 5.79 Å². The lowest BCUT2D eigenvalue weighted by Crippen LogP contribution is -2.37. The summed E-state index contributed by atoms with van der Waals surface area (Å²) in [5.41, 5.74) is 3.25. The molecule has 0 unspecified atom stereocenters. The minimum Gasteiger partial charge on any atom is -0.463 e. The zero-order valence-electron chi connectivity index (χ0n) is 18.0. The number of anilines is 2. The second-order valence-corrected chi connectivity index (χ2v) is 7.88. The van der Waals surface area contributed by atoms with Crippen LogP contribution in [0.25, 0.3) is 5.65 Å². The van der Waals surface area contributed by atoms with Gasteiger partial charge in [-0.3, -0.25) is 4.79 Å². The zero-order valence-corrected chi connectivity index (χ0v) is 18.0. The molecule has 9 nitrogen and oxygen atoms in total. The number of fused-ring (bicyclic) bond motifs is 1. The van der Waals surface area contributed by atoms with Crippen LogP contribution in [0, 0.1) is 0 Å². The van der Waals surface area contributed by atoms with E-state index in [0.717, 1.165) is 11.3 Å². The Morgan fingerprint density at radius 3 is 2.81 bits per heavy atom. The highest BCUT2D eigenvalue weighted by atomic mass is 16.6. The molecule has 1 aliphatic heterocycles. The second kappa shape index (κ2) is 8.52. The molecule has 4 rings (SSSR count). The van der Waals surface area contributed by atoms with Gasteiger partial charge in [0.15, 0.2) is 5.65 Å².